The van der Waals surface area contributed by atoms with Crippen LogP contribution >= 0.6 is 12.4 Å². The highest BCUT2D eigenvalue weighted by molar-refractivity contribution is 5.85. The molecule has 0 fully saturated rings. The van der Waals surface area contributed by atoms with Crippen molar-refractivity contribution in [2.24, 2.45) is 7.05 Å². The van der Waals surface area contributed by atoms with Crippen molar-refractivity contribution in [3.8, 4) is 0 Å². The molecule has 0 aromatic carbocycles. The number of aromatic nitrogens is 4. The molecule has 0 saturated carbocycles. The van der Waals surface area contributed by atoms with Gasteiger partial charge in [0.15, 0.2) is 0 Å². The molecule has 5 nitrogen and oxygen atoms in total. The molecular formula is C12H20ClN5. The molecule has 0 amide bonds. The molecule has 0 bridgehead atoms. The summed E-state index contributed by atoms with van der Waals surface area (Å²) in [7, 11) is 1.91. The highest BCUT2D eigenvalue weighted by Crippen LogP contribution is 2.08. The lowest BCUT2D eigenvalue weighted by Gasteiger charge is -2.06. The lowest BCUT2D eigenvalue weighted by atomic mass is 10.3. The first kappa shape index (κ1) is 14.6. The molecule has 0 aliphatic rings. The maximum atomic E-state index is 4.47. The van der Waals surface area contributed by atoms with Gasteiger partial charge in [0.2, 0.25) is 0 Å². The highest BCUT2D eigenvalue weighted by Gasteiger charge is 2.05. The SMILES string of the molecule is CCCn1nc(C)cc1CNc1ccn(C)n1.Cl. The van der Waals surface area contributed by atoms with Crippen LogP contribution < -0.4 is 5.32 Å². The van der Waals surface area contributed by atoms with Gasteiger partial charge in [-0.1, -0.05) is 6.92 Å². The minimum absolute atomic E-state index is 0. The van der Waals surface area contributed by atoms with E-state index >= 15 is 0 Å². The maximum absolute atomic E-state index is 4.47. The van der Waals surface area contributed by atoms with Crippen LogP contribution in [0, 0.1) is 6.92 Å². The van der Waals surface area contributed by atoms with Gasteiger partial charge in [0.25, 0.3) is 0 Å². The van der Waals surface area contributed by atoms with Gasteiger partial charge in [-0.25, -0.2) is 0 Å². The third-order valence-corrected chi connectivity index (χ3v) is 2.59. The van der Waals surface area contributed by atoms with Crippen LogP contribution in [0.25, 0.3) is 0 Å². The first-order valence-electron chi connectivity index (χ1n) is 5.96. The Balaban J connectivity index is 0.00000162. The zero-order chi connectivity index (χ0) is 12.3. The zero-order valence-electron chi connectivity index (χ0n) is 11.1. The quantitative estimate of drug-likeness (QED) is 0.907. The van der Waals surface area contributed by atoms with Gasteiger partial charge in [-0.3, -0.25) is 9.36 Å². The van der Waals surface area contributed by atoms with Crippen LogP contribution in [0.5, 0.6) is 0 Å². The van der Waals surface area contributed by atoms with E-state index in [9.17, 15) is 0 Å². The fourth-order valence-corrected chi connectivity index (χ4v) is 1.84. The zero-order valence-corrected chi connectivity index (χ0v) is 11.9. The van der Waals surface area contributed by atoms with E-state index in [1.165, 1.54) is 5.69 Å². The lowest BCUT2D eigenvalue weighted by molar-refractivity contribution is 0.574. The molecule has 2 aromatic rings. The van der Waals surface area contributed by atoms with Crippen LogP contribution in [0.3, 0.4) is 0 Å². The summed E-state index contributed by atoms with van der Waals surface area (Å²) < 4.78 is 3.85. The van der Waals surface area contributed by atoms with E-state index in [2.05, 4.69) is 33.2 Å². The highest BCUT2D eigenvalue weighted by atomic mass is 35.5. The molecule has 0 atom stereocenters. The molecule has 0 radical (unpaired) electrons. The Morgan fingerprint density at radius 3 is 2.72 bits per heavy atom. The monoisotopic (exact) mass is 269 g/mol. The summed E-state index contributed by atoms with van der Waals surface area (Å²) in [5.74, 6) is 0.898. The fourth-order valence-electron chi connectivity index (χ4n) is 1.84. The van der Waals surface area contributed by atoms with E-state index in [0.717, 1.165) is 31.0 Å². The second kappa shape index (κ2) is 6.44. The Morgan fingerprint density at radius 2 is 2.11 bits per heavy atom. The minimum Gasteiger partial charge on any atom is -0.363 e. The van der Waals surface area contributed by atoms with Gasteiger partial charge in [0.1, 0.15) is 5.82 Å². The van der Waals surface area contributed by atoms with Crippen LogP contribution in [0.2, 0.25) is 0 Å². The third kappa shape index (κ3) is 3.50. The molecule has 2 heterocycles. The van der Waals surface area contributed by atoms with Crippen LogP contribution in [0.15, 0.2) is 18.3 Å². The fraction of sp³-hybridized carbons (Fsp3) is 0.500. The van der Waals surface area contributed by atoms with Gasteiger partial charge in [0.05, 0.1) is 17.9 Å². The molecular weight excluding hydrogens is 250 g/mol. The number of hydrogen-bond donors (Lipinski definition) is 1. The molecule has 0 unspecified atom stereocenters. The van der Waals surface area contributed by atoms with Gasteiger partial charge >= 0.3 is 0 Å². The first-order chi connectivity index (χ1) is 8.19. The molecule has 2 aromatic heterocycles. The second-order valence-electron chi connectivity index (χ2n) is 4.23. The maximum Gasteiger partial charge on any atom is 0.148 e. The molecule has 18 heavy (non-hydrogen) atoms. The van der Waals surface area contributed by atoms with Gasteiger partial charge < -0.3 is 5.32 Å². The van der Waals surface area contributed by atoms with Crippen molar-refractivity contribution in [1.82, 2.24) is 19.6 Å². The van der Waals surface area contributed by atoms with Crippen LogP contribution in [-0.4, -0.2) is 19.6 Å². The summed E-state index contributed by atoms with van der Waals surface area (Å²) in [6, 6.07) is 4.08. The van der Waals surface area contributed by atoms with E-state index in [-0.39, 0.29) is 12.4 Å². The number of halogens is 1. The average molecular weight is 270 g/mol. The smallest absolute Gasteiger partial charge is 0.148 e. The molecule has 1 N–H and O–H groups in total. The van der Waals surface area contributed by atoms with Crippen molar-refractivity contribution in [3.63, 3.8) is 0 Å². The normalized spacial score (nSPS) is 10.2. The lowest BCUT2D eigenvalue weighted by Crippen LogP contribution is -2.09. The summed E-state index contributed by atoms with van der Waals surface area (Å²) in [5, 5.41) is 12.1. The van der Waals surface area contributed by atoms with E-state index < -0.39 is 0 Å². The average Bonchev–Trinajstić information content (AvgIpc) is 2.83. The van der Waals surface area contributed by atoms with E-state index in [1.54, 1.807) is 4.68 Å². The van der Waals surface area contributed by atoms with Gasteiger partial charge in [-0.15, -0.1) is 12.4 Å². The van der Waals surface area contributed by atoms with E-state index in [0.29, 0.717) is 0 Å². The summed E-state index contributed by atoms with van der Waals surface area (Å²) in [6.45, 7) is 5.91. The summed E-state index contributed by atoms with van der Waals surface area (Å²) in [4.78, 5) is 0. The number of nitrogens with one attached hydrogen (secondary N) is 1. The van der Waals surface area contributed by atoms with Gasteiger partial charge in [-0.05, 0) is 19.4 Å². The molecule has 0 aliphatic carbocycles. The Labute approximate surface area is 114 Å². The number of anilines is 1. The molecule has 0 spiro atoms. The number of nitrogens with zero attached hydrogens (tertiary/aromatic N) is 4. The topological polar surface area (TPSA) is 47.7 Å². The van der Waals surface area contributed by atoms with Crippen molar-refractivity contribution in [2.75, 3.05) is 5.32 Å². The number of rotatable bonds is 5. The largest absolute Gasteiger partial charge is 0.363 e. The third-order valence-electron chi connectivity index (χ3n) is 2.59. The number of hydrogen-bond acceptors (Lipinski definition) is 3. The Morgan fingerprint density at radius 1 is 1.33 bits per heavy atom. The van der Waals surface area contributed by atoms with Gasteiger partial charge in [-0.2, -0.15) is 10.2 Å². The summed E-state index contributed by atoms with van der Waals surface area (Å²) in [5.41, 5.74) is 2.27. The first-order valence-corrected chi connectivity index (χ1v) is 5.96. The molecule has 6 heteroatoms. The van der Waals surface area contributed by atoms with Crippen molar-refractivity contribution < 1.29 is 0 Å². The second-order valence-corrected chi connectivity index (χ2v) is 4.23. The molecule has 0 aliphatic heterocycles. The number of aryl methyl sites for hydroxylation is 3. The van der Waals surface area contributed by atoms with Crippen molar-refractivity contribution >= 4 is 18.2 Å². The van der Waals surface area contributed by atoms with Crippen molar-refractivity contribution in [3.05, 3.63) is 29.7 Å². The molecule has 0 saturated heterocycles. The summed E-state index contributed by atoms with van der Waals surface area (Å²) in [6.07, 6.45) is 3.02. The Bertz CT molecular complexity index is 488. The molecule has 100 valence electrons. The predicted molar refractivity (Wildman–Crippen MR) is 75.0 cm³/mol. The van der Waals surface area contributed by atoms with Gasteiger partial charge in [0, 0.05) is 25.9 Å². The van der Waals surface area contributed by atoms with Crippen molar-refractivity contribution in [2.45, 2.75) is 33.4 Å². The molecule has 2 rings (SSSR count). The standard InChI is InChI=1S/C12H19N5.ClH/c1-4-6-17-11(8-10(2)14-17)9-13-12-5-7-16(3)15-12;/h5,7-8H,4,6,9H2,1-3H3,(H,13,15);1H. The Hall–Kier alpha value is -1.49. The van der Waals surface area contributed by atoms with Crippen LogP contribution in [0.4, 0.5) is 5.82 Å². The van der Waals surface area contributed by atoms with Crippen LogP contribution in [0.1, 0.15) is 24.7 Å². The minimum atomic E-state index is 0. The predicted octanol–water partition coefficient (Wildman–Crippen LogP) is 2.37. The Kier molecular flexibility index (Phi) is 5.22. The summed E-state index contributed by atoms with van der Waals surface area (Å²) >= 11 is 0. The van der Waals surface area contributed by atoms with E-state index in [1.807, 2.05) is 26.2 Å². The van der Waals surface area contributed by atoms with E-state index in [4.69, 9.17) is 0 Å². The van der Waals surface area contributed by atoms with Crippen LogP contribution in [-0.2, 0) is 20.1 Å². The van der Waals surface area contributed by atoms with Crippen molar-refractivity contribution in [1.29, 1.82) is 0 Å².